The number of phenols is 1. The number of ether oxygens (including phenoxy) is 1. The first-order chi connectivity index (χ1) is 10.2. The average Bonchev–Trinajstić information content (AvgIpc) is 2.31. The molecule has 1 aromatic carbocycles. The van der Waals surface area contributed by atoms with Gasteiger partial charge in [-0.1, -0.05) is 12.1 Å². The Balaban J connectivity index is 1.78. The van der Waals surface area contributed by atoms with Crippen molar-refractivity contribution in [3.05, 3.63) is 28.8 Å². The molecule has 122 valence electrons. The van der Waals surface area contributed by atoms with E-state index in [4.69, 9.17) is 4.74 Å². The summed E-state index contributed by atoms with van der Waals surface area (Å²) in [5.41, 5.74) is 2.47. The maximum absolute atomic E-state index is 11.8. The third kappa shape index (κ3) is 4.13. The fourth-order valence-electron chi connectivity index (χ4n) is 2.49. The summed E-state index contributed by atoms with van der Waals surface area (Å²) < 4.78 is 5.33. The molecule has 1 aromatic rings. The highest BCUT2D eigenvalue weighted by Gasteiger charge is 2.33. The fourth-order valence-corrected chi connectivity index (χ4v) is 2.49. The molecule has 0 unspecified atom stereocenters. The maximum Gasteiger partial charge on any atom is 0.410 e. The van der Waals surface area contributed by atoms with Crippen molar-refractivity contribution in [1.29, 1.82) is 0 Å². The SMILES string of the molecule is Cc1cc(CNC2CN(C(=O)OC(C)(C)C)C2)cc(C)c1O. The fraction of sp³-hybridized carbons (Fsp3) is 0.588. The Morgan fingerprint density at radius 3 is 2.36 bits per heavy atom. The van der Waals surface area contributed by atoms with Gasteiger partial charge in [-0.05, 0) is 51.3 Å². The average molecular weight is 306 g/mol. The molecule has 1 heterocycles. The molecular weight excluding hydrogens is 280 g/mol. The van der Waals surface area contributed by atoms with Crippen molar-refractivity contribution >= 4 is 6.09 Å². The number of aromatic hydroxyl groups is 1. The van der Waals surface area contributed by atoms with E-state index in [0.29, 0.717) is 24.9 Å². The molecule has 0 aliphatic carbocycles. The normalized spacial score (nSPS) is 15.6. The van der Waals surface area contributed by atoms with Crippen molar-refractivity contribution in [2.45, 2.75) is 52.8 Å². The third-order valence-corrected chi connectivity index (χ3v) is 3.68. The first-order valence-corrected chi connectivity index (χ1v) is 7.66. The molecule has 0 spiro atoms. The molecule has 1 aliphatic heterocycles. The summed E-state index contributed by atoms with van der Waals surface area (Å²) in [6.07, 6.45) is -0.248. The topological polar surface area (TPSA) is 61.8 Å². The number of carbonyl (C=O) groups is 1. The van der Waals surface area contributed by atoms with Crippen molar-refractivity contribution < 1.29 is 14.6 Å². The molecule has 1 saturated heterocycles. The van der Waals surface area contributed by atoms with Crippen molar-refractivity contribution in [1.82, 2.24) is 10.2 Å². The Bertz CT molecular complexity index is 535. The van der Waals surface area contributed by atoms with Gasteiger partial charge >= 0.3 is 6.09 Å². The molecule has 0 aromatic heterocycles. The Hall–Kier alpha value is -1.75. The Morgan fingerprint density at radius 1 is 1.32 bits per heavy atom. The van der Waals surface area contributed by atoms with Gasteiger partial charge in [-0.2, -0.15) is 0 Å². The summed E-state index contributed by atoms with van der Waals surface area (Å²) in [4.78, 5) is 13.5. The van der Waals surface area contributed by atoms with Crippen LogP contribution in [0.4, 0.5) is 4.79 Å². The molecule has 0 saturated carbocycles. The van der Waals surface area contributed by atoms with Gasteiger partial charge in [0.2, 0.25) is 0 Å². The lowest BCUT2D eigenvalue weighted by atomic mass is 10.0. The number of likely N-dealkylation sites (tertiary alicyclic amines) is 1. The lowest BCUT2D eigenvalue weighted by Crippen LogP contribution is -2.60. The van der Waals surface area contributed by atoms with Crippen LogP contribution in [0.5, 0.6) is 5.75 Å². The molecule has 0 bridgehead atoms. The van der Waals surface area contributed by atoms with Gasteiger partial charge in [0, 0.05) is 25.7 Å². The highest BCUT2D eigenvalue weighted by atomic mass is 16.6. The zero-order chi connectivity index (χ0) is 16.5. The monoisotopic (exact) mass is 306 g/mol. The Morgan fingerprint density at radius 2 is 1.86 bits per heavy atom. The first kappa shape index (κ1) is 16.6. The number of nitrogens with one attached hydrogen (secondary N) is 1. The number of aryl methyl sites for hydroxylation is 2. The van der Waals surface area contributed by atoms with E-state index in [9.17, 15) is 9.90 Å². The van der Waals surface area contributed by atoms with Gasteiger partial charge in [0.15, 0.2) is 0 Å². The van der Waals surface area contributed by atoms with Crippen molar-refractivity contribution in [3.8, 4) is 5.75 Å². The molecule has 5 heteroatoms. The molecule has 22 heavy (non-hydrogen) atoms. The molecule has 1 aliphatic rings. The lowest BCUT2D eigenvalue weighted by Gasteiger charge is -2.40. The number of hydrogen-bond acceptors (Lipinski definition) is 4. The molecule has 0 radical (unpaired) electrons. The van der Waals surface area contributed by atoms with E-state index in [1.54, 1.807) is 4.90 Å². The van der Waals surface area contributed by atoms with Crippen LogP contribution in [0.2, 0.25) is 0 Å². The highest BCUT2D eigenvalue weighted by Crippen LogP contribution is 2.23. The third-order valence-electron chi connectivity index (χ3n) is 3.68. The van der Waals surface area contributed by atoms with Crippen LogP contribution >= 0.6 is 0 Å². The summed E-state index contributed by atoms with van der Waals surface area (Å²) in [6, 6.07) is 4.26. The summed E-state index contributed by atoms with van der Waals surface area (Å²) >= 11 is 0. The van der Waals surface area contributed by atoms with Gasteiger partial charge in [0.25, 0.3) is 0 Å². The van der Waals surface area contributed by atoms with Crippen molar-refractivity contribution in [2.75, 3.05) is 13.1 Å². The molecule has 2 rings (SSSR count). The van der Waals surface area contributed by atoms with E-state index in [0.717, 1.165) is 23.2 Å². The molecule has 1 fully saturated rings. The van der Waals surface area contributed by atoms with E-state index in [1.165, 1.54) is 0 Å². The Labute approximate surface area is 132 Å². The molecule has 1 amide bonds. The number of benzene rings is 1. The van der Waals surface area contributed by atoms with Crippen LogP contribution in [-0.4, -0.2) is 40.8 Å². The van der Waals surface area contributed by atoms with Gasteiger partial charge in [-0.25, -0.2) is 4.79 Å². The van der Waals surface area contributed by atoms with Gasteiger partial charge < -0.3 is 20.1 Å². The second-order valence-corrected chi connectivity index (χ2v) is 7.04. The van der Waals surface area contributed by atoms with E-state index < -0.39 is 5.60 Å². The van der Waals surface area contributed by atoms with Gasteiger partial charge in [-0.15, -0.1) is 0 Å². The molecule has 0 atom stereocenters. The van der Waals surface area contributed by atoms with E-state index >= 15 is 0 Å². The molecule has 5 nitrogen and oxygen atoms in total. The van der Waals surface area contributed by atoms with Crippen LogP contribution in [0, 0.1) is 13.8 Å². The number of hydrogen-bond donors (Lipinski definition) is 2. The number of carbonyl (C=O) groups excluding carboxylic acids is 1. The zero-order valence-electron chi connectivity index (χ0n) is 14.1. The number of nitrogens with zero attached hydrogens (tertiary/aromatic N) is 1. The smallest absolute Gasteiger partial charge is 0.410 e. The predicted molar refractivity (Wildman–Crippen MR) is 86.0 cm³/mol. The Kier molecular flexibility index (Phi) is 4.66. The highest BCUT2D eigenvalue weighted by molar-refractivity contribution is 5.69. The zero-order valence-corrected chi connectivity index (χ0v) is 14.1. The van der Waals surface area contributed by atoms with Crippen LogP contribution in [0.25, 0.3) is 0 Å². The lowest BCUT2D eigenvalue weighted by molar-refractivity contribution is 0.00518. The van der Waals surface area contributed by atoms with Gasteiger partial charge in [-0.3, -0.25) is 0 Å². The van der Waals surface area contributed by atoms with Gasteiger partial charge in [0.1, 0.15) is 11.4 Å². The van der Waals surface area contributed by atoms with Crippen LogP contribution in [0.3, 0.4) is 0 Å². The standard InChI is InChI=1S/C17H26N2O3/c1-11-6-13(7-12(2)15(11)20)8-18-14-9-19(10-14)16(21)22-17(3,4)5/h6-7,14,18,20H,8-10H2,1-5H3. The molecule has 2 N–H and O–H groups in total. The quantitative estimate of drug-likeness (QED) is 0.901. The first-order valence-electron chi connectivity index (χ1n) is 7.66. The minimum absolute atomic E-state index is 0.248. The van der Waals surface area contributed by atoms with Crippen molar-refractivity contribution in [3.63, 3.8) is 0 Å². The number of phenolic OH excluding ortho intramolecular Hbond substituents is 1. The number of amides is 1. The minimum atomic E-state index is -0.448. The predicted octanol–water partition coefficient (Wildman–Crippen LogP) is 2.72. The van der Waals surface area contributed by atoms with Crippen LogP contribution in [0.15, 0.2) is 12.1 Å². The maximum atomic E-state index is 11.8. The molecular formula is C17H26N2O3. The van der Waals surface area contributed by atoms with Gasteiger partial charge in [0.05, 0.1) is 0 Å². The second kappa shape index (κ2) is 6.16. The van der Waals surface area contributed by atoms with E-state index in [1.807, 2.05) is 46.8 Å². The summed E-state index contributed by atoms with van der Waals surface area (Å²) in [5, 5.41) is 13.2. The van der Waals surface area contributed by atoms with E-state index in [-0.39, 0.29) is 6.09 Å². The summed E-state index contributed by atoms with van der Waals surface area (Å²) in [5.74, 6) is 0.364. The second-order valence-electron chi connectivity index (χ2n) is 7.04. The van der Waals surface area contributed by atoms with Crippen LogP contribution in [-0.2, 0) is 11.3 Å². The minimum Gasteiger partial charge on any atom is -0.507 e. The summed E-state index contributed by atoms with van der Waals surface area (Å²) in [7, 11) is 0. The van der Waals surface area contributed by atoms with Crippen molar-refractivity contribution in [2.24, 2.45) is 0 Å². The summed E-state index contributed by atoms with van der Waals surface area (Å²) in [6.45, 7) is 11.5. The van der Waals surface area contributed by atoms with Crippen LogP contribution < -0.4 is 5.32 Å². The van der Waals surface area contributed by atoms with Crippen LogP contribution in [0.1, 0.15) is 37.5 Å². The van der Waals surface area contributed by atoms with E-state index in [2.05, 4.69) is 5.32 Å². The largest absolute Gasteiger partial charge is 0.507 e. The number of rotatable bonds is 3.